The van der Waals surface area contributed by atoms with Gasteiger partial charge < -0.3 is 19.1 Å². The Kier molecular flexibility index (Phi) is 5.31. The molecule has 1 amide bonds. The van der Waals surface area contributed by atoms with Crippen LogP contribution in [0, 0.1) is 11.7 Å². The lowest BCUT2D eigenvalue weighted by Crippen LogP contribution is -2.57. The van der Waals surface area contributed by atoms with Crippen LogP contribution in [0.5, 0.6) is 5.75 Å². The molecule has 1 fully saturated rings. The fraction of sp³-hybridized carbons (Fsp3) is 0.600. The van der Waals surface area contributed by atoms with Gasteiger partial charge in [-0.25, -0.2) is 9.18 Å². The van der Waals surface area contributed by atoms with Crippen LogP contribution in [0.15, 0.2) is 12.1 Å². The van der Waals surface area contributed by atoms with Gasteiger partial charge in [0.2, 0.25) is 0 Å². The summed E-state index contributed by atoms with van der Waals surface area (Å²) in [6, 6.07) is 3.40. The molecular weight excluding hydrogens is 353 g/mol. The SMILES string of the molecule is CCOC(=O)C1Cc2ccc(OC3CN(C(=O)OC(C)(C)C)C3)c(F)c2C1. The molecule has 27 heavy (non-hydrogen) atoms. The number of amides is 1. The number of hydrogen-bond donors (Lipinski definition) is 0. The van der Waals surface area contributed by atoms with E-state index in [4.69, 9.17) is 14.2 Å². The summed E-state index contributed by atoms with van der Waals surface area (Å²) in [6.07, 6.45) is 0.147. The number of hydrogen-bond acceptors (Lipinski definition) is 5. The van der Waals surface area contributed by atoms with Crippen molar-refractivity contribution in [1.82, 2.24) is 4.90 Å². The van der Waals surface area contributed by atoms with E-state index in [0.717, 1.165) is 5.56 Å². The van der Waals surface area contributed by atoms with E-state index in [9.17, 15) is 14.0 Å². The number of halogens is 1. The Balaban J connectivity index is 1.58. The summed E-state index contributed by atoms with van der Waals surface area (Å²) in [5.74, 6) is -0.888. The first-order valence-corrected chi connectivity index (χ1v) is 9.29. The molecule has 1 aromatic rings. The zero-order valence-electron chi connectivity index (χ0n) is 16.2. The van der Waals surface area contributed by atoms with Crippen LogP contribution in [0.4, 0.5) is 9.18 Å². The topological polar surface area (TPSA) is 65.1 Å². The quantitative estimate of drug-likeness (QED) is 0.752. The van der Waals surface area contributed by atoms with E-state index in [1.54, 1.807) is 19.1 Å². The van der Waals surface area contributed by atoms with Gasteiger partial charge in [-0.2, -0.15) is 0 Å². The van der Waals surface area contributed by atoms with Gasteiger partial charge in [0.05, 0.1) is 25.6 Å². The summed E-state index contributed by atoms with van der Waals surface area (Å²) in [5, 5.41) is 0. The molecule has 0 N–H and O–H groups in total. The largest absolute Gasteiger partial charge is 0.484 e. The molecule has 0 radical (unpaired) electrons. The third kappa shape index (κ3) is 4.34. The minimum absolute atomic E-state index is 0.159. The van der Waals surface area contributed by atoms with Crippen molar-refractivity contribution in [2.75, 3.05) is 19.7 Å². The number of benzene rings is 1. The molecule has 1 aliphatic heterocycles. The Labute approximate surface area is 158 Å². The van der Waals surface area contributed by atoms with Crippen molar-refractivity contribution >= 4 is 12.1 Å². The number of carbonyl (C=O) groups is 2. The molecule has 0 saturated carbocycles. The third-order valence-corrected chi connectivity index (χ3v) is 4.63. The smallest absolute Gasteiger partial charge is 0.410 e. The van der Waals surface area contributed by atoms with Crippen LogP contribution in [-0.4, -0.2) is 48.4 Å². The second-order valence-electron chi connectivity index (χ2n) is 8.00. The first-order valence-electron chi connectivity index (χ1n) is 9.29. The summed E-state index contributed by atoms with van der Waals surface area (Å²) in [7, 11) is 0. The summed E-state index contributed by atoms with van der Waals surface area (Å²) < 4.78 is 30.9. The molecule has 1 aromatic carbocycles. The van der Waals surface area contributed by atoms with Crippen molar-refractivity contribution in [3.05, 3.63) is 29.1 Å². The fourth-order valence-electron chi connectivity index (χ4n) is 3.32. The Morgan fingerprint density at radius 3 is 2.56 bits per heavy atom. The minimum Gasteiger partial charge on any atom is -0.484 e. The number of likely N-dealkylation sites (tertiary alicyclic amines) is 1. The molecule has 2 aliphatic rings. The third-order valence-electron chi connectivity index (χ3n) is 4.63. The molecule has 0 aromatic heterocycles. The maximum absolute atomic E-state index is 14.8. The van der Waals surface area contributed by atoms with Crippen molar-refractivity contribution in [3.8, 4) is 5.75 Å². The molecule has 0 spiro atoms. The van der Waals surface area contributed by atoms with Crippen LogP contribution < -0.4 is 4.74 Å². The first kappa shape index (κ1) is 19.5. The summed E-state index contributed by atoms with van der Waals surface area (Å²) in [4.78, 5) is 25.4. The van der Waals surface area contributed by atoms with E-state index in [0.29, 0.717) is 38.1 Å². The molecular formula is C20H26FNO5. The minimum atomic E-state index is -0.551. The monoisotopic (exact) mass is 379 g/mol. The predicted octanol–water partition coefficient (Wildman–Crippen LogP) is 3.10. The van der Waals surface area contributed by atoms with Gasteiger partial charge in [-0.15, -0.1) is 0 Å². The molecule has 1 heterocycles. The van der Waals surface area contributed by atoms with E-state index in [-0.39, 0.29) is 23.7 Å². The van der Waals surface area contributed by atoms with E-state index in [2.05, 4.69) is 0 Å². The van der Waals surface area contributed by atoms with E-state index >= 15 is 0 Å². The highest BCUT2D eigenvalue weighted by molar-refractivity contribution is 5.74. The Hall–Kier alpha value is -2.31. The number of esters is 1. The van der Waals surface area contributed by atoms with Crippen LogP contribution in [0.25, 0.3) is 0 Å². The average molecular weight is 379 g/mol. The lowest BCUT2D eigenvalue weighted by atomic mass is 10.1. The van der Waals surface area contributed by atoms with Crippen molar-refractivity contribution in [2.24, 2.45) is 5.92 Å². The van der Waals surface area contributed by atoms with Gasteiger partial charge >= 0.3 is 12.1 Å². The second-order valence-corrected chi connectivity index (χ2v) is 8.00. The zero-order valence-corrected chi connectivity index (χ0v) is 16.2. The van der Waals surface area contributed by atoms with Gasteiger partial charge in [0.1, 0.15) is 11.7 Å². The Morgan fingerprint density at radius 2 is 1.93 bits per heavy atom. The van der Waals surface area contributed by atoms with Gasteiger partial charge in [-0.05, 0) is 57.7 Å². The molecule has 6 nitrogen and oxygen atoms in total. The van der Waals surface area contributed by atoms with Crippen molar-refractivity contribution in [2.45, 2.75) is 52.2 Å². The first-order chi connectivity index (χ1) is 12.7. The number of nitrogens with zero attached hydrogens (tertiary/aromatic N) is 1. The normalized spacial score (nSPS) is 19.3. The van der Waals surface area contributed by atoms with E-state index in [1.165, 1.54) is 4.90 Å². The van der Waals surface area contributed by atoms with Crippen LogP contribution in [0.2, 0.25) is 0 Å². The standard InChI is InChI=1S/C20H26FNO5/c1-5-25-18(23)13-8-12-6-7-16(17(21)15(12)9-13)26-14-10-22(11-14)19(24)27-20(2,3)4/h6-7,13-14H,5,8-11H2,1-4H3. The van der Waals surface area contributed by atoms with Crippen molar-refractivity contribution in [1.29, 1.82) is 0 Å². The predicted molar refractivity (Wildman–Crippen MR) is 96.2 cm³/mol. The van der Waals surface area contributed by atoms with Crippen LogP contribution >= 0.6 is 0 Å². The zero-order chi connectivity index (χ0) is 19.8. The lowest BCUT2D eigenvalue weighted by Gasteiger charge is -2.39. The van der Waals surface area contributed by atoms with Gasteiger partial charge in [0.25, 0.3) is 0 Å². The molecule has 1 saturated heterocycles. The van der Waals surface area contributed by atoms with E-state index in [1.807, 2.05) is 20.8 Å². The maximum atomic E-state index is 14.8. The highest BCUT2D eigenvalue weighted by Gasteiger charge is 2.37. The van der Waals surface area contributed by atoms with Gasteiger partial charge in [0, 0.05) is 0 Å². The average Bonchev–Trinajstić information content (AvgIpc) is 2.96. The molecule has 1 aliphatic carbocycles. The molecule has 1 unspecified atom stereocenters. The van der Waals surface area contributed by atoms with Crippen molar-refractivity contribution in [3.63, 3.8) is 0 Å². The summed E-state index contributed by atoms with van der Waals surface area (Å²) in [6.45, 7) is 8.21. The van der Waals surface area contributed by atoms with Crippen LogP contribution in [-0.2, 0) is 27.1 Å². The number of carbonyl (C=O) groups excluding carboxylic acids is 2. The lowest BCUT2D eigenvalue weighted by molar-refractivity contribution is -0.147. The number of ether oxygens (including phenoxy) is 3. The molecule has 148 valence electrons. The molecule has 1 atom stereocenters. The Morgan fingerprint density at radius 1 is 1.22 bits per heavy atom. The van der Waals surface area contributed by atoms with Gasteiger partial charge in [-0.1, -0.05) is 6.07 Å². The van der Waals surface area contributed by atoms with Gasteiger partial charge in [0.15, 0.2) is 11.6 Å². The number of fused-ring (bicyclic) bond motifs is 1. The molecule has 3 rings (SSSR count). The molecule has 0 bridgehead atoms. The van der Waals surface area contributed by atoms with Crippen LogP contribution in [0.3, 0.4) is 0 Å². The van der Waals surface area contributed by atoms with Gasteiger partial charge in [-0.3, -0.25) is 4.79 Å². The summed E-state index contributed by atoms with van der Waals surface area (Å²) in [5.41, 5.74) is 0.792. The highest BCUT2D eigenvalue weighted by Crippen LogP contribution is 2.35. The maximum Gasteiger partial charge on any atom is 0.410 e. The molecule has 7 heteroatoms. The summed E-state index contributed by atoms with van der Waals surface area (Å²) >= 11 is 0. The van der Waals surface area contributed by atoms with Crippen molar-refractivity contribution < 1.29 is 28.2 Å². The van der Waals surface area contributed by atoms with E-state index < -0.39 is 17.5 Å². The van der Waals surface area contributed by atoms with Crippen LogP contribution in [0.1, 0.15) is 38.8 Å². The Bertz CT molecular complexity index is 737. The highest BCUT2D eigenvalue weighted by atomic mass is 19.1. The number of rotatable bonds is 4. The second kappa shape index (κ2) is 7.37. The fourth-order valence-corrected chi connectivity index (χ4v) is 3.32.